The van der Waals surface area contributed by atoms with Crippen LogP contribution in [0.4, 0.5) is 15.8 Å². The number of benzene rings is 1. The Hall–Kier alpha value is -1.45. The molecule has 2 rings (SSSR count). The molecule has 0 saturated heterocycles. The van der Waals surface area contributed by atoms with E-state index < -0.39 is 5.82 Å². The second-order valence-corrected chi connectivity index (χ2v) is 5.58. The van der Waals surface area contributed by atoms with E-state index in [2.05, 4.69) is 5.32 Å². The van der Waals surface area contributed by atoms with Gasteiger partial charge >= 0.3 is 0 Å². The molecule has 0 bridgehead atoms. The molecule has 1 aliphatic carbocycles. The van der Waals surface area contributed by atoms with Crippen LogP contribution in [0.5, 0.6) is 5.75 Å². The van der Waals surface area contributed by atoms with Gasteiger partial charge in [-0.2, -0.15) is 0 Å². The first-order valence-electron chi connectivity index (χ1n) is 7.66. The number of nitrogens with two attached hydrogens (primary N) is 1. The zero-order valence-electron chi connectivity index (χ0n) is 12.3. The average molecular weight is 280 g/mol. The lowest BCUT2D eigenvalue weighted by Gasteiger charge is -2.14. The molecule has 1 aromatic carbocycles. The van der Waals surface area contributed by atoms with Crippen LogP contribution >= 0.6 is 0 Å². The third-order valence-electron chi connectivity index (χ3n) is 3.91. The van der Waals surface area contributed by atoms with E-state index >= 15 is 0 Å². The molecule has 0 heterocycles. The molecule has 1 aliphatic rings. The van der Waals surface area contributed by atoms with Crippen molar-refractivity contribution in [1.29, 1.82) is 0 Å². The molecule has 3 N–H and O–H groups in total. The molecule has 0 aromatic heterocycles. The van der Waals surface area contributed by atoms with Crippen LogP contribution < -0.4 is 15.8 Å². The number of hydrogen-bond donors (Lipinski definition) is 2. The van der Waals surface area contributed by atoms with Crippen LogP contribution in [0.3, 0.4) is 0 Å². The van der Waals surface area contributed by atoms with E-state index in [0.29, 0.717) is 12.3 Å². The van der Waals surface area contributed by atoms with Crippen LogP contribution in [-0.4, -0.2) is 13.2 Å². The van der Waals surface area contributed by atoms with Gasteiger partial charge in [-0.1, -0.05) is 32.6 Å². The fraction of sp³-hybridized carbons (Fsp3) is 0.625. The van der Waals surface area contributed by atoms with E-state index in [1.54, 1.807) is 6.07 Å². The van der Waals surface area contributed by atoms with Crippen molar-refractivity contribution >= 4 is 11.4 Å². The van der Waals surface area contributed by atoms with Gasteiger partial charge in [0.25, 0.3) is 0 Å². The summed E-state index contributed by atoms with van der Waals surface area (Å²) in [7, 11) is 0. The molecule has 0 aliphatic heterocycles. The van der Waals surface area contributed by atoms with E-state index in [0.717, 1.165) is 31.0 Å². The Kier molecular flexibility index (Phi) is 5.50. The third-order valence-corrected chi connectivity index (χ3v) is 3.91. The number of nitrogens with one attached hydrogen (secondary N) is 1. The van der Waals surface area contributed by atoms with Crippen LogP contribution in [0.15, 0.2) is 12.1 Å². The van der Waals surface area contributed by atoms with Gasteiger partial charge in [0.15, 0.2) is 11.6 Å². The summed E-state index contributed by atoms with van der Waals surface area (Å²) in [4.78, 5) is 0. The summed E-state index contributed by atoms with van der Waals surface area (Å²) in [5, 5.41) is 3.31. The number of ether oxygens (including phenoxy) is 1. The minimum absolute atomic E-state index is 0.282. The fourth-order valence-electron chi connectivity index (χ4n) is 2.75. The Morgan fingerprint density at radius 1 is 1.35 bits per heavy atom. The molecule has 112 valence electrons. The lowest BCUT2D eigenvalue weighted by atomic mass is 10.0. The molecule has 0 amide bonds. The maximum atomic E-state index is 13.7. The highest BCUT2D eigenvalue weighted by Gasteiger charge is 2.15. The van der Waals surface area contributed by atoms with Crippen molar-refractivity contribution in [2.24, 2.45) is 5.92 Å². The lowest BCUT2D eigenvalue weighted by molar-refractivity contribution is 0.301. The standard InChI is InChI=1S/C16H25FN2O/c1-2-9-20-16-11-15(14(18)10-13(16)17)19-8-7-12-5-3-4-6-12/h10-12,19H,2-9,18H2,1H3. The quantitative estimate of drug-likeness (QED) is 0.736. The number of hydrogen-bond acceptors (Lipinski definition) is 3. The van der Waals surface area contributed by atoms with Crippen molar-refractivity contribution in [2.45, 2.75) is 45.4 Å². The molecule has 1 aromatic rings. The van der Waals surface area contributed by atoms with Crippen molar-refractivity contribution in [2.75, 3.05) is 24.2 Å². The summed E-state index contributed by atoms with van der Waals surface area (Å²) in [6.07, 6.45) is 7.41. The Morgan fingerprint density at radius 3 is 2.80 bits per heavy atom. The minimum atomic E-state index is -0.391. The molecule has 0 spiro atoms. The Balaban J connectivity index is 1.91. The zero-order valence-corrected chi connectivity index (χ0v) is 12.3. The number of halogens is 1. The Labute approximate surface area is 120 Å². The monoisotopic (exact) mass is 280 g/mol. The van der Waals surface area contributed by atoms with Crippen LogP contribution in [0, 0.1) is 11.7 Å². The Bertz CT molecular complexity index is 431. The van der Waals surface area contributed by atoms with Gasteiger partial charge in [0.2, 0.25) is 0 Å². The minimum Gasteiger partial charge on any atom is -0.490 e. The van der Waals surface area contributed by atoms with Crippen molar-refractivity contribution in [3.63, 3.8) is 0 Å². The Morgan fingerprint density at radius 2 is 2.10 bits per heavy atom. The predicted molar refractivity (Wildman–Crippen MR) is 81.7 cm³/mol. The van der Waals surface area contributed by atoms with Crippen LogP contribution in [0.2, 0.25) is 0 Å². The number of anilines is 2. The van der Waals surface area contributed by atoms with Gasteiger partial charge in [0.05, 0.1) is 18.0 Å². The molecule has 20 heavy (non-hydrogen) atoms. The molecule has 1 saturated carbocycles. The molecule has 4 heteroatoms. The van der Waals surface area contributed by atoms with Gasteiger partial charge in [-0.15, -0.1) is 0 Å². The first-order chi connectivity index (χ1) is 9.70. The molecule has 1 fully saturated rings. The van der Waals surface area contributed by atoms with Gasteiger partial charge < -0.3 is 15.8 Å². The molecular formula is C16H25FN2O. The van der Waals surface area contributed by atoms with Gasteiger partial charge in [0, 0.05) is 18.7 Å². The first kappa shape index (κ1) is 14.9. The SMILES string of the molecule is CCCOc1cc(NCCC2CCCC2)c(N)cc1F. The highest BCUT2D eigenvalue weighted by molar-refractivity contribution is 5.68. The van der Waals surface area contributed by atoms with Gasteiger partial charge in [0.1, 0.15) is 0 Å². The molecular weight excluding hydrogens is 255 g/mol. The van der Waals surface area contributed by atoms with Crippen molar-refractivity contribution < 1.29 is 9.13 Å². The second kappa shape index (κ2) is 7.36. The summed E-state index contributed by atoms with van der Waals surface area (Å²) in [5.41, 5.74) is 7.07. The summed E-state index contributed by atoms with van der Waals surface area (Å²) in [6.45, 7) is 3.39. The van der Waals surface area contributed by atoms with Crippen LogP contribution in [0.25, 0.3) is 0 Å². The van der Waals surface area contributed by atoms with Crippen LogP contribution in [0.1, 0.15) is 45.4 Å². The first-order valence-corrected chi connectivity index (χ1v) is 7.66. The summed E-state index contributed by atoms with van der Waals surface area (Å²) in [5.74, 6) is 0.724. The highest BCUT2D eigenvalue weighted by Crippen LogP contribution is 2.30. The normalized spacial score (nSPS) is 15.5. The maximum absolute atomic E-state index is 13.7. The molecule has 0 unspecified atom stereocenters. The summed E-state index contributed by atoms with van der Waals surface area (Å²) >= 11 is 0. The maximum Gasteiger partial charge on any atom is 0.167 e. The van der Waals surface area contributed by atoms with E-state index in [4.69, 9.17) is 10.5 Å². The number of nitrogen functional groups attached to an aromatic ring is 1. The molecule has 0 radical (unpaired) electrons. The average Bonchev–Trinajstić information content (AvgIpc) is 2.93. The second-order valence-electron chi connectivity index (χ2n) is 5.58. The number of rotatable bonds is 7. The van der Waals surface area contributed by atoms with Gasteiger partial charge in [-0.05, 0) is 18.8 Å². The third kappa shape index (κ3) is 4.02. The zero-order chi connectivity index (χ0) is 14.4. The smallest absolute Gasteiger partial charge is 0.167 e. The molecule has 0 atom stereocenters. The van der Waals surface area contributed by atoms with E-state index in [9.17, 15) is 4.39 Å². The fourth-order valence-corrected chi connectivity index (χ4v) is 2.75. The topological polar surface area (TPSA) is 47.3 Å². The lowest BCUT2D eigenvalue weighted by Crippen LogP contribution is -2.09. The molecule has 3 nitrogen and oxygen atoms in total. The van der Waals surface area contributed by atoms with E-state index in [1.807, 2.05) is 6.92 Å². The van der Waals surface area contributed by atoms with Crippen LogP contribution in [-0.2, 0) is 0 Å². The van der Waals surface area contributed by atoms with Crippen molar-refractivity contribution in [1.82, 2.24) is 0 Å². The van der Waals surface area contributed by atoms with Gasteiger partial charge in [-0.25, -0.2) is 4.39 Å². The van der Waals surface area contributed by atoms with Gasteiger partial charge in [-0.3, -0.25) is 0 Å². The van der Waals surface area contributed by atoms with Crippen molar-refractivity contribution in [3.05, 3.63) is 17.9 Å². The highest BCUT2D eigenvalue weighted by atomic mass is 19.1. The summed E-state index contributed by atoms with van der Waals surface area (Å²) in [6, 6.07) is 3.01. The van der Waals surface area contributed by atoms with E-state index in [-0.39, 0.29) is 5.75 Å². The van der Waals surface area contributed by atoms with Crippen molar-refractivity contribution in [3.8, 4) is 5.75 Å². The summed E-state index contributed by atoms with van der Waals surface area (Å²) < 4.78 is 19.1. The van der Waals surface area contributed by atoms with E-state index in [1.165, 1.54) is 31.7 Å². The largest absolute Gasteiger partial charge is 0.490 e. The predicted octanol–water partition coefficient (Wildman–Crippen LogP) is 4.19.